The molecule has 2 aliphatic heterocycles. The smallest absolute Gasteiger partial charge is 0.221 e. The van der Waals surface area contributed by atoms with E-state index in [4.69, 9.17) is 19.9 Å². The van der Waals surface area contributed by atoms with Gasteiger partial charge in [0.05, 0.1) is 12.5 Å². The third kappa shape index (κ3) is 3.92. The molecule has 5 nitrogen and oxygen atoms in total. The minimum absolute atomic E-state index is 0.175. The van der Waals surface area contributed by atoms with Gasteiger partial charge in [0.2, 0.25) is 12.2 Å². The standard InChI is InChI=1S/C23H33NO4/c1-13-4-10-19-15(3)22(27-17-8-6-16(7-9-17)12-20(24)25)28-23-21(19)18(13)11-5-14(2)26-23/h6-9,13-15,18-19,21-23H,4-5,10-12H2,1-3H3,(H2,24,25)/t13-,14?,15-,18+,19+,21?,22+,23+/m1/s1. The summed E-state index contributed by atoms with van der Waals surface area (Å²) in [4.78, 5) is 11.1. The van der Waals surface area contributed by atoms with E-state index in [1.165, 1.54) is 19.3 Å². The predicted octanol–water partition coefficient (Wildman–Crippen LogP) is 3.89. The lowest BCUT2D eigenvalue weighted by Gasteiger charge is -2.51. The first-order valence-electron chi connectivity index (χ1n) is 10.8. The van der Waals surface area contributed by atoms with E-state index in [9.17, 15) is 4.79 Å². The summed E-state index contributed by atoms with van der Waals surface area (Å²) in [6.45, 7) is 6.81. The maximum atomic E-state index is 11.1. The van der Waals surface area contributed by atoms with Crippen molar-refractivity contribution in [1.29, 1.82) is 0 Å². The molecule has 0 aromatic heterocycles. The molecule has 2 saturated heterocycles. The molecule has 0 radical (unpaired) electrons. The van der Waals surface area contributed by atoms with Gasteiger partial charge in [-0.3, -0.25) is 4.79 Å². The molecular formula is C23H33NO4. The Labute approximate surface area is 167 Å². The van der Waals surface area contributed by atoms with E-state index < -0.39 is 0 Å². The summed E-state index contributed by atoms with van der Waals surface area (Å²) >= 11 is 0. The molecule has 1 saturated carbocycles. The fourth-order valence-electron chi connectivity index (χ4n) is 5.60. The van der Waals surface area contributed by atoms with Gasteiger partial charge in [-0.25, -0.2) is 0 Å². The van der Waals surface area contributed by atoms with Gasteiger partial charge in [-0.1, -0.05) is 32.4 Å². The molecule has 2 heterocycles. The highest BCUT2D eigenvalue weighted by Crippen LogP contribution is 2.52. The predicted molar refractivity (Wildman–Crippen MR) is 106 cm³/mol. The summed E-state index contributed by atoms with van der Waals surface area (Å²) in [6.07, 6.45) is 4.84. The van der Waals surface area contributed by atoms with E-state index >= 15 is 0 Å². The molecule has 2 unspecified atom stereocenters. The van der Waals surface area contributed by atoms with E-state index in [-0.39, 0.29) is 31.0 Å². The van der Waals surface area contributed by atoms with Crippen LogP contribution in [0.3, 0.4) is 0 Å². The second-order valence-corrected chi connectivity index (χ2v) is 9.12. The van der Waals surface area contributed by atoms with Gasteiger partial charge in [0.25, 0.3) is 0 Å². The largest absolute Gasteiger partial charge is 0.465 e. The van der Waals surface area contributed by atoms with Crippen LogP contribution in [0.1, 0.15) is 52.0 Å². The van der Waals surface area contributed by atoms with Crippen molar-refractivity contribution in [3.63, 3.8) is 0 Å². The number of primary amides is 1. The van der Waals surface area contributed by atoms with E-state index in [2.05, 4.69) is 20.8 Å². The number of nitrogens with two attached hydrogens (primary N) is 1. The van der Waals surface area contributed by atoms with Crippen molar-refractivity contribution in [2.75, 3.05) is 0 Å². The Bertz CT molecular complexity index is 690. The summed E-state index contributed by atoms with van der Waals surface area (Å²) < 4.78 is 19.0. The first-order chi connectivity index (χ1) is 13.4. The molecule has 1 aromatic rings. The molecule has 5 heteroatoms. The highest BCUT2D eigenvalue weighted by atomic mass is 16.8. The van der Waals surface area contributed by atoms with Crippen molar-refractivity contribution < 1.29 is 19.0 Å². The topological polar surface area (TPSA) is 70.8 Å². The van der Waals surface area contributed by atoms with Crippen LogP contribution in [0.5, 0.6) is 5.75 Å². The van der Waals surface area contributed by atoms with Crippen molar-refractivity contribution in [1.82, 2.24) is 0 Å². The first-order valence-corrected chi connectivity index (χ1v) is 10.8. The Morgan fingerprint density at radius 1 is 1.04 bits per heavy atom. The molecule has 0 bridgehead atoms. The number of amides is 1. The van der Waals surface area contributed by atoms with Crippen molar-refractivity contribution in [3.05, 3.63) is 29.8 Å². The minimum Gasteiger partial charge on any atom is -0.465 e. The fraction of sp³-hybridized carbons (Fsp3) is 0.696. The highest BCUT2D eigenvalue weighted by Gasteiger charge is 2.52. The number of rotatable bonds is 4. The van der Waals surface area contributed by atoms with Crippen LogP contribution in [-0.2, 0) is 20.7 Å². The van der Waals surface area contributed by atoms with Crippen LogP contribution < -0.4 is 10.5 Å². The second kappa shape index (κ2) is 8.03. The molecule has 2 N–H and O–H groups in total. The Morgan fingerprint density at radius 2 is 1.75 bits per heavy atom. The molecule has 8 atom stereocenters. The maximum absolute atomic E-state index is 11.1. The summed E-state index contributed by atoms with van der Waals surface area (Å²) in [5, 5.41) is 0. The van der Waals surface area contributed by atoms with Gasteiger partial charge in [-0.2, -0.15) is 0 Å². The number of carbonyl (C=O) groups excluding carboxylic acids is 1. The lowest BCUT2D eigenvalue weighted by Crippen LogP contribution is -2.54. The summed E-state index contributed by atoms with van der Waals surface area (Å²) in [5.41, 5.74) is 6.16. The number of carbonyl (C=O) groups is 1. The molecule has 0 spiro atoms. The third-order valence-electron chi connectivity index (χ3n) is 7.19. The molecule has 28 heavy (non-hydrogen) atoms. The number of benzene rings is 1. The average Bonchev–Trinajstić information content (AvgIpc) is 2.81. The van der Waals surface area contributed by atoms with Crippen molar-refractivity contribution in [3.8, 4) is 5.75 Å². The van der Waals surface area contributed by atoms with Gasteiger partial charge in [0, 0.05) is 11.8 Å². The SMILES string of the molecule is CC1CC[C@@H]2C3[C@@H](O1)O[C@H](Oc1ccc(CC(N)=O)cc1)[C@H](C)[C@@H]3CC[C@H]2C. The van der Waals surface area contributed by atoms with Crippen LogP contribution in [-0.4, -0.2) is 24.6 Å². The summed E-state index contributed by atoms with van der Waals surface area (Å²) in [5.74, 6) is 3.22. The monoisotopic (exact) mass is 387 g/mol. The molecule has 3 fully saturated rings. The zero-order valence-electron chi connectivity index (χ0n) is 17.2. The molecule has 1 aromatic carbocycles. The second-order valence-electron chi connectivity index (χ2n) is 9.12. The maximum Gasteiger partial charge on any atom is 0.221 e. The highest BCUT2D eigenvalue weighted by molar-refractivity contribution is 5.76. The third-order valence-corrected chi connectivity index (χ3v) is 7.19. The van der Waals surface area contributed by atoms with Gasteiger partial charge in [0.15, 0.2) is 6.29 Å². The Morgan fingerprint density at radius 3 is 2.46 bits per heavy atom. The van der Waals surface area contributed by atoms with Crippen LogP contribution >= 0.6 is 0 Å². The van der Waals surface area contributed by atoms with Crippen molar-refractivity contribution >= 4 is 5.91 Å². The zero-order valence-corrected chi connectivity index (χ0v) is 17.2. The normalized spacial score (nSPS) is 40.2. The quantitative estimate of drug-likeness (QED) is 0.851. The number of ether oxygens (including phenoxy) is 3. The van der Waals surface area contributed by atoms with Crippen LogP contribution in [0.2, 0.25) is 0 Å². The van der Waals surface area contributed by atoms with Crippen molar-refractivity contribution in [2.24, 2.45) is 35.3 Å². The fourth-order valence-corrected chi connectivity index (χ4v) is 5.60. The van der Waals surface area contributed by atoms with E-state index in [0.717, 1.165) is 23.7 Å². The molecule has 1 amide bonds. The molecule has 3 aliphatic rings. The Balaban J connectivity index is 1.51. The van der Waals surface area contributed by atoms with Gasteiger partial charge in [-0.15, -0.1) is 0 Å². The minimum atomic E-state index is -0.329. The van der Waals surface area contributed by atoms with Gasteiger partial charge in [0.1, 0.15) is 5.75 Å². The molecule has 4 rings (SSSR count). The molecule has 154 valence electrons. The number of hydrogen-bond donors (Lipinski definition) is 1. The van der Waals surface area contributed by atoms with E-state index in [1.54, 1.807) is 0 Å². The summed E-state index contributed by atoms with van der Waals surface area (Å²) in [7, 11) is 0. The van der Waals surface area contributed by atoms with Crippen LogP contribution in [0.4, 0.5) is 0 Å². The first kappa shape index (κ1) is 19.7. The van der Waals surface area contributed by atoms with E-state index in [1.807, 2.05) is 24.3 Å². The van der Waals surface area contributed by atoms with Crippen LogP contribution in [0, 0.1) is 29.6 Å². The zero-order chi connectivity index (χ0) is 19.8. The van der Waals surface area contributed by atoms with Crippen LogP contribution in [0.25, 0.3) is 0 Å². The lowest BCUT2D eigenvalue weighted by molar-refractivity contribution is -0.315. The van der Waals surface area contributed by atoms with Crippen molar-refractivity contribution in [2.45, 2.75) is 71.6 Å². The summed E-state index contributed by atoms with van der Waals surface area (Å²) in [6, 6.07) is 7.56. The van der Waals surface area contributed by atoms with E-state index in [0.29, 0.717) is 23.7 Å². The molecule has 1 aliphatic carbocycles. The van der Waals surface area contributed by atoms with Gasteiger partial charge < -0.3 is 19.9 Å². The Hall–Kier alpha value is -1.59. The van der Waals surface area contributed by atoms with Crippen LogP contribution in [0.15, 0.2) is 24.3 Å². The Kier molecular flexibility index (Phi) is 5.66. The molecular weight excluding hydrogens is 354 g/mol. The lowest BCUT2D eigenvalue weighted by atomic mass is 9.61. The van der Waals surface area contributed by atoms with Gasteiger partial charge in [-0.05, 0) is 61.6 Å². The average molecular weight is 388 g/mol. The van der Waals surface area contributed by atoms with Gasteiger partial charge >= 0.3 is 0 Å². The number of hydrogen-bond acceptors (Lipinski definition) is 4.